The monoisotopic (exact) mass is 396 g/mol. The zero-order valence-corrected chi connectivity index (χ0v) is 16.4. The van der Waals surface area contributed by atoms with Gasteiger partial charge in [-0.2, -0.15) is 0 Å². The zero-order chi connectivity index (χ0) is 20.0. The van der Waals surface area contributed by atoms with Crippen molar-refractivity contribution < 1.29 is 18.7 Å². The van der Waals surface area contributed by atoms with Crippen molar-refractivity contribution in [3.05, 3.63) is 46.7 Å². The Morgan fingerprint density at radius 1 is 1.31 bits per heavy atom. The molecule has 8 nitrogen and oxygen atoms in total. The molecule has 0 saturated carbocycles. The number of rotatable bonds is 3. The highest BCUT2D eigenvalue weighted by atomic mass is 16.5. The number of nitrogens with one attached hydrogen (secondary N) is 1. The minimum absolute atomic E-state index is 0.0507. The molecule has 0 radical (unpaired) electrons. The smallest absolute Gasteiger partial charge is 0.322 e. The largest absolute Gasteiger partial charge is 0.445 e. The third-order valence-electron chi connectivity index (χ3n) is 5.91. The molecule has 1 atom stereocenters. The van der Waals surface area contributed by atoms with E-state index in [1.54, 1.807) is 9.80 Å². The van der Waals surface area contributed by atoms with E-state index in [1.165, 1.54) is 0 Å². The summed E-state index contributed by atoms with van der Waals surface area (Å²) in [6.45, 7) is 5.61. The fourth-order valence-corrected chi connectivity index (χ4v) is 4.21. The molecule has 152 valence electrons. The van der Waals surface area contributed by atoms with Crippen LogP contribution in [0.5, 0.6) is 0 Å². The van der Waals surface area contributed by atoms with E-state index in [2.05, 4.69) is 10.3 Å². The van der Waals surface area contributed by atoms with Crippen molar-refractivity contribution in [2.45, 2.75) is 32.2 Å². The first-order chi connectivity index (χ1) is 14.1. The van der Waals surface area contributed by atoms with Gasteiger partial charge in [-0.05, 0) is 31.0 Å². The summed E-state index contributed by atoms with van der Waals surface area (Å²) in [7, 11) is 0. The molecule has 5 rings (SSSR count). The van der Waals surface area contributed by atoms with E-state index in [1.807, 2.05) is 25.1 Å². The van der Waals surface area contributed by atoms with Crippen LogP contribution in [-0.2, 0) is 17.7 Å². The molecule has 29 heavy (non-hydrogen) atoms. The van der Waals surface area contributed by atoms with Crippen LogP contribution in [0.25, 0.3) is 0 Å². The molecule has 1 aromatic carbocycles. The van der Waals surface area contributed by atoms with Gasteiger partial charge in [0.15, 0.2) is 5.89 Å². The van der Waals surface area contributed by atoms with Crippen LogP contribution in [0.2, 0.25) is 0 Å². The second kappa shape index (κ2) is 7.18. The lowest BCUT2D eigenvalue weighted by Gasteiger charge is -2.26. The molecule has 3 aliphatic heterocycles. The number of carbonyl (C=O) groups excluding carboxylic acids is 2. The number of oxazole rings is 1. The first kappa shape index (κ1) is 18.2. The molecule has 8 heteroatoms. The van der Waals surface area contributed by atoms with Crippen molar-refractivity contribution in [2.75, 3.05) is 37.7 Å². The van der Waals surface area contributed by atoms with Gasteiger partial charge in [0.05, 0.1) is 19.1 Å². The highest BCUT2D eigenvalue weighted by Gasteiger charge is 2.30. The number of aromatic nitrogens is 1. The van der Waals surface area contributed by atoms with Crippen molar-refractivity contribution in [3.63, 3.8) is 0 Å². The fraction of sp³-hybridized carbons (Fsp3) is 0.476. The number of amides is 3. The standard InChI is InChI=1S/C21H24N4O4/c1-13-2-3-14(10-17(13)25-8-6-22-21(25)27)20(26)24-7-4-18-16(11-24)23-19(29-18)15-5-9-28-12-15/h2-3,10,15H,4-9,11-12H2,1H3,(H,22,27). The Morgan fingerprint density at radius 3 is 2.97 bits per heavy atom. The van der Waals surface area contributed by atoms with E-state index in [9.17, 15) is 9.59 Å². The van der Waals surface area contributed by atoms with Crippen LogP contribution in [0.15, 0.2) is 22.6 Å². The Bertz CT molecular complexity index is 964. The maximum atomic E-state index is 13.2. The predicted octanol–water partition coefficient (Wildman–Crippen LogP) is 2.22. The molecule has 3 aliphatic rings. The van der Waals surface area contributed by atoms with Gasteiger partial charge in [-0.15, -0.1) is 0 Å². The summed E-state index contributed by atoms with van der Waals surface area (Å²) in [4.78, 5) is 33.4. The molecule has 2 saturated heterocycles. The number of aryl methyl sites for hydroxylation is 1. The van der Waals surface area contributed by atoms with Gasteiger partial charge in [0.1, 0.15) is 11.5 Å². The van der Waals surface area contributed by atoms with Crippen LogP contribution in [0.4, 0.5) is 10.5 Å². The Morgan fingerprint density at radius 2 is 2.21 bits per heavy atom. The second-order valence-corrected chi connectivity index (χ2v) is 7.84. The van der Waals surface area contributed by atoms with E-state index in [4.69, 9.17) is 9.15 Å². The van der Waals surface area contributed by atoms with Crippen molar-refractivity contribution >= 4 is 17.6 Å². The summed E-state index contributed by atoms with van der Waals surface area (Å²) >= 11 is 0. The predicted molar refractivity (Wildman–Crippen MR) is 105 cm³/mol. The third kappa shape index (κ3) is 3.27. The summed E-state index contributed by atoms with van der Waals surface area (Å²) < 4.78 is 11.4. The number of ether oxygens (including phenoxy) is 1. The molecule has 1 aromatic heterocycles. The second-order valence-electron chi connectivity index (χ2n) is 7.84. The molecular weight excluding hydrogens is 372 g/mol. The van der Waals surface area contributed by atoms with E-state index in [0.717, 1.165) is 41.6 Å². The van der Waals surface area contributed by atoms with Crippen molar-refractivity contribution in [1.82, 2.24) is 15.2 Å². The van der Waals surface area contributed by atoms with Gasteiger partial charge in [0, 0.05) is 43.9 Å². The third-order valence-corrected chi connectivity index (χ3v) is 5.91. The number of nitrogens with zero attached hydrogens (tertiary/aromatic N) is 3. The van der Waals surface area contributed by atoms with E-state index in [0.29, 0.717) is 44.8 Å². The molecule has 4 heterocycles. The van der Waals surface area contributed by atoms with Gasteiger partial charge < -0.3 is 19.4 Å². The zero-order valence-electron chi connectivity index (χ0n) is 16.4. The van der Waals surface area contributed by atoms with Gasteiger partial charge in [-0.3, -0.25) is 9.69 Å². The van der Waals surface area contributed by atoms with Crippen LogP contribution < -0.4 is 10.2 Å². The van der Waals surface area contributed by atoms with Crippen LogP contribution in [0.3, 0.4) is 0 Å². The fourth-order valence-electron chi connectivity index (χ4n) is 4.21. The molecule has 3 amide bonds. The van der Waals surface area contributed by atoms with Crippen LogP contribution in [0, 0.1) is 6.92 Å². The van der Waals surface area contributed by atoms with Crippen LogP contribution >= 0.6 is 0 Å². The SMILES string of the molecule is Cc1ccc(C(=O)N2CCc3oc(C4CCOC4)nc3C2)cc1N1CCNC1=O. The average Bonchev–Trinajstić information content (AvgIpc) is 3.47. The van der Waals surface area contributed by atoms with Gasteiger partial charge >= 0.3 is 6.03 Å². The molecule has 0 aliphatic carbocycles. The minimum Gasteiger partial charge on any atom is -0.445 e. The first-order valence-electron chi connectivity index (χ1n) is 10.1. The Balaban J connectivity index is 1.36. The summed E-state index contributed by atoms with van der Waals surface area (Å²) in [5, 5.41) is 2.81. The highest BCUT2D eigenvalue weighted by Crippen LogP contribution is 2.30. The van der Waals surface area contributed by atoms with Gasteiger partial charge in [-0.1, -0.05) is 6.07 Å². The van der Waals surface area contributed by atoms with Crippen molar-refractivity contribution in [1.29, 1.82) is 0 Å². The number of hydrogen-bond donors (Lipinski definition) is 1. The lowest BCUT2D eigenvalue weighted by molar-refractivity contribution is 0.0728. The van der Waals surface area contributed by atoms with Crippen molar-refractivity contribution in [3.8, 4) is 0 Å². The van der Waals surface area contributed by atoms with E-state index >= 15 is 0 Å². The van der Waals surface area contributed by atoms with Gasteiger partial charge in [-0.25, -0.2) is 9.78 Å². The topological polar surface area (TPSA) is 87.9 Å². The number of carbonyl (C=O) groups is 2. The normalized spacial score (nSPS) is 21.4. The summed E-state index contributed by atoms with van der Waals surface area (Å²) in [6, 6.07) is 5.43. The Kier molecular flexibility index (Phi) is 4.50. The Hall–Kier alpha value is -2.87. The van der Waals surface area contributed by atoms with E-state index in [-0.39, 0.29) is 17.9 Å². The van der Waals surface area contributed by atoms with Gasteiger partial charge in [0.2, 0.25) is 0 Å². The van der Waals surface area contributed by atoms with Crippen LogP contribution in [-0.4, -0.2) is 54.7 Å². The molecule has 2 aromatic rings. The lowest BCUT2D eigenvalue weighted by atomic mass is 10.1. The maximum absolute atomic E-state index is 13.2. The number of benzene rings is 1. The van der Waals surface area contributed by atoms with Crippen molar-refractivity contribution in [2.24, 2.45) is 0 Å². The minimum atomic E-state index is -0.119. The summed E-state index contributed by atoms with van der Waals surface area (Å²) in [5.41, 5.74) is 3.19. The molecule has 0 bridgehead atoms. The van der Waals surface area contributed by atoms with Crippen LogP contribution in [0.1, 0.15) is 45.6 Å². The maximum Gasteiger partial charge on any atom is 0.322 e. The number of urea groups is 1. The summed E-state index contributed by atoms with van der Waals surface area (Å²) in [6.07, 6.45) is 1.59. The first-order valence-corrected chi connectivity index (χ1v) is 10.1. The number of anilines is 1. The van der Waals surface area contributed by atoms with Gasteiger partial charge in [0.25, 0.3) is 5.91 Å². The Labute approximate surface area is 168 Å². The number of fused-ring (bicyclic) bond motifs is 1. The highest BCUT2D eigenvalue weighted by molar-refractivity contribution is 5.99. The molecule has 0 spiro atoms. The quantitative estimate of drug-likeness (QED) is 0.860. The molecule has 1 unspecified atom stereocenters. The molecule has 1 N–H and O–H groups in total. The molecule has 2 fully saturated rings. The summed E-state index contributed by atoms with van der Waals surface area (Å²) in [5.74, 6) is 1.79. The average molecular weight is 396 g/mol. The van der Waals surface area contributed by atoms with E-state index < -0.39 is 0 Å². The number of hydrogen-bond acceptors (Lipinski definition) is 5. The molecular formula is C21H24N4O4. The lowest BCUT2D eigenvalue weighted by Crippen LogP contribution is -2.36.